The van der Waals surface area contributed by atoms with E-state index in [1.165, 1.54) is 20.3 Å². The first-order valence-corrected chi connectivity index (χ1v) is 9.83. The van der Waals surface area contributed by atoms with E-state index in [1.807, 2.05) is 0 Å². The Morgan fingerprint density at radius 1 is 1.28 bits per heavy atom. The zero-order chi connectivity index (χ0) is 19.3. The molecule has 0 saturated carbocycles. The number of amides is 1. The lowest BCUT2D eigenvalue weighted by molar-refractivity contribution is -0.132. The third-order valence-corrected chi connectivity index (χ3v) is 4.16. The van der Waals surface area contributed by atoms with Crippen LogP contribution in [0.4, 0.5) is 0 Å². The molecule has 0 saturated heterocycles. The maximum Gasteiger partial charge on any atom is 0.308 e. The Labute approximate surface area is 149 Å². The molecule has 1 aromatic carbocycles. The van der Waals surface area contributed by atoms with Gasteiger partial charge in [-0.1, -0.05) is 6.07 Å². The van der Waals surface area contributed by atoms with Crippen molar-refractivity contribution in [3.05, 3.63) is 23.8 Å². The smallest absolute Gasteiger partial charge is 0.308 e. The molecule has 0 bridgehead atoms. The molecule has 1 amide bonds. The second kappa shape index (κ2) is 8.35. The Balaban J connectivity index is 2.67. The summed E-state index contributed by atoms with van der Waals surface area (Å²) in [5.41, 5.74) is -0.0833. The van der Waals surface area contributed by atoms with Crippen molar-refractivity contribution in [3.63, 3.8) is 0 Å². The van der Waals surface area contributed by atoms with E-state index < -0.39 is 21.2 Å². The number of ether oxygens (including phenoxy) is 2. The van der Waals surface area contributed by atoms with Crippen LogP contribution >= 0.6 is 0 Å². The van der Waals surface area contributed by atoms with Crippen LogP contribution < -0.4 is 19.5 Å². The van der Waals surface area contributed by atoms with E-state index >= 15 is 0 Å². The van der Waals surface area contributed by atoms with Gasteiger partial charge in [-0.2, -0.15) is 0 Å². The highest BCUT2D eigenvalue weighted by Crippen LogP contribution is 2.28. The molecule has 1 rings (SSSR count). The molecular weight excluding hydrogens is 344 g/mol. The molecule has 140 valence electrons. The highest BCUT2D eigenvalue weighted by atomic mass is 32.2. The van der Waals surface area contributed by atoms with E-state index in [0.717, 1.165) is 5.56 Å². The topological polar surface area (TPSA) is 93.7 Å². The van der Waals surface area contributed by atoms with Crippen LogP contribution in [-0.4, -0.2) is 47.4 Å². The minimum absolute atomic E-state index is 0.269. The minimum atomic E-state index is -2.50. The van der Waals surface area contributed by atoms with Crippen LogP contribution in [0.1, 0.15) is 26.3 Å². The van der Waals surface area contributed by atoms with Crippen molar-refractivity contribution in [1.29, 1.82) is 0 Å². The zero-order valence-electron chi connectivity index (χ0n) is 15.3. The normalized spacial score (nSPS) is 13.6. The summed E-state index contributed by atoms with van der Waals surface area (Å²) in [4.78, 5) is 23.3. The molecule has 0 aliphatic carbocycles. The lowest BCUT2D eigenvalue weighted by Crippen LogP contribution is -2.54. The van der Waals surface area contributed by atoms with Crippen LogP contribution in [0, 0.1) is 0 Å². The third-order valence-electron chi connectivity index (χ3n) is 3.22. The van der Waals surface area contributed by atoms with Gasteiger partial charge >= 0.3 is 5.97 Å². The molecule has 1 aromatic rings. The van der Waals surface area contributed by atoms with Gasteiger partial charge in [-0.25, -0.2) is 4.72 Å². The Morgan fingerprint density at radius 2 is 1.92 bits per heavy atom. The summed E-state index contributed by atoms with van der Waals surface area (Å²) in [5, 5.41) is 2.80. The van der Waals surface area contributed by atoms with E-state index in [4.69, 9.17) is 9.47 Å². The second-order valence-electron chi connectivity index (χ2n) is 6.32. The molecule has 0 spiro atoms. The number of nitrogens with one attached hydrogen (secondary N) is 2. The summed E-state index contributed by atoms with van der Waals surface area (Å²) in [5.74, 6) is 3.60. The molecule has 1 atom stereocenters. The summed E-state index contributed by atoms with van der Waals surface area (Å²) >= 11 is 0. The average molecular weight is 370 g/mol. The van der Waals surface area contributed by atoms with Gasteiger partial charge in [0, 0.05) is 29.4 Å². The molecule has 7 nitrogen and oxygen atoms in total. The second-order valence-corrected chi connectivity index (χ2v) is 8.53. The van der Waals surface area contributed by atoms with Gasteiger partial charge in [0.1, 0.15) is 5.54 Å². The van der Waals surface area contributed by atoms with Crippen molar-refractivity contribution in [2.45, 2.75) is 32.7 Å². The number of rotatable bonds is 8. The lowest BCUT2D eigenvalue weighted by Gasteiger charge is -2.25. The highest BCUT2D eigenvalue weighted by Gasteiger charge is 2.28. The van der Waals surface area contributed by atoms with Crippen molar-refractivity contribution in [1.82, 2.24) is 10.0 Å². The first kappa shape index (κ1) is 21.0. The maximum absolute atomic E-state index is 12.2. The standard InChI is InChI=1S/C17H26N2O5S/c1-12(20)24-14-8-7-13(11-15(14)23-4)9-10-18-16(21)17(2,3)19-25(5,6)22/h7-8,11H,5,9-10H2,1-4,6H3,(H,18,21)(H,19,22). The number of benzene rings is 1. The van der Waals surface area contributed by atoms with E-state index in [9.17, 15) is 13.8 Å². The fourth-order valence-electron chi connectivity index (χ4n) is 2.23. The van der Waals surface area contributed by atoms with Crippen LogP contribution in [-0.2, 0) is 25.7 Å². The molecule has 0 aliphatic heterocycles. The van der Waals surface area contributed by atoms with Crippen molar-refractivity contribution >= 4 is 27.5 Å². The van der Waals surface area contributed by atoms with Crippen LogP contribution in [0.5, 0.6) is 11.5 Å². The molecule has 8 heteroatoms. The zero-order valence-corrected chi connectivity index (χ0v) is 16.1. The summed E-state index contributed by atoms with van der Waals surface area (Å²) in [6.45, 7) is 5.00. The Bertz CT molecular complexity index is 741. The predicted octanol–water partition coefficient (Wildman–Crippen LogP) is 0.909. The molecule has 1 unspecified atom stereocenters. The van der Waals surface area contributed by atoms with Crippen LogP contribution in [0.2, 0.25) is 0 Å². The first-order valence-electron chi connectivity index (χ1n) is 7.69. The number of carbonyl (C=O) groups excluding carboxylic acids is 2. The largest absolute Gasteiger partial charge is 0.493 e. The van der Waals surface area contributed by atoms with E-state index in [-0.39, 0.29) is 5.91 Å². The van der Waals surface area contributed by atoms with Crippen LogP contribution in [0.15, 0.2) is 18.2 Å². The molecule has 0 fully saturated rings. The van der Waals surface area contributed by atoms with Crippen LogP contribution in [0.3, 0.4) is 0 Å². The highest BCUT2D eigenvalue weighted by molar-refractivity contribution is 7.97. The summed E-state index contributed by atoms with van der Waals surface area (Å²) in [7, 11) is -1.01. The SMILES string of the molecule is C=S(C)(=O)NC(C)(C)C(=O)NCCc1ccc(OC(C)=O)c(OC)c1. The number of esters is 1. The van der Waals surface area contributed by atoms with E-state index in [0.29, 0.717) is 24.5 Å². The minimum Gasteiger partial charge on any atom is -0.493 e. The first-order chi connectivity index (χ1) is 11.4. The lowest BCUT2D eigenvalue weighted by atomic mass is 10.1. The Hall–Kier alpha value is -2.06. The van der Waals surface area contributed by atoms with Gasteiger partial charge in [-0.05, 0) is 43.8 Å². The maximum atomic E-state index is 12.2. The van der Waals surface area contributed by atoms with Gasteiger partial charge in [-0.15, -0.1) is 0 Å². The summed E-state index contributed by atoms with van der Waals surface area (Å²) < 4.78 is 24.7. The van der Waals surface area contributed by atoms with E-state index in [1.54, 1.807) is 32.0 Å². The third kappa shape index (κ3) is 7.15. The van der Waals surface area contributed by atoms with Gasteiger partial charge in [-0.3, -0.25) is 13.8 Å². The quantitative estimate of drug-likeness (QED) is 0.403. The fraction of sp³-hybridized carbons (Fsp3) is 0.471. The van der Waals surface area contributed by atoms with Gasteiger partial charge in [0.15, 0.2) is 11.5 Å². The summed E-state index contributed by atoms with van der Waals surface area (Å²) in [6, 6.07) is 5.20. The van der Waals surface area contributed by atoms with Crippen molar-refractivity contribution in [2.24, 2.45) is 0 Å². The number of hydrogen-bond acceptors (Lipinski definition) is 5. The fourth-order valence-corrected chi connectivity index (χ4v) is 3.41. The molecule has 25 heavy (non-hydrogen) atoms. The molecule has 0 aromatic heterocycles. The summed E-state index contributed by atoms with van der Waals surface area (Å²) in [6.07, 6.45) is 2.00. The molecular formula is C17H26N2O5S. The Morgan fingerprint density at radius 3 is 2.44 bits per heavy atom. The average Bonchev–Trinajstić information content (AvgIpc) is 2.45. The van der Waals surface area contributed by atoms with Crippen molar-refractivity contribution < 1.29 is 23.3 Å². The van der Waals surface area contributed by atoms with Gasteiger partial charge in [0.25, 0.3) is 0 Å². The number of hydrogen-bond donors (Lipinski definition) is 2. The van der Waals surface area contributed by atoms with Gasteiger partial charge in [0.05, 0.1) is 7.11 Å². The molecule has 2 N–H and O–H groups in total. The monoisotopic (exact) mass is 370 g/mol. The van der Waals surface area contributed by atoms with Gasteiger partial charge < -0.3 is 14.8 Å². The van der Waals surface area contributed by atoms with Crippen molar-refractivity contribution in [3.8, 4) is 11.5 Å². The van der Waals surface area contributed by atoms with Crippen LogP contribution in [0.25, 0.3) is 0 Å². The van der Waals surface area contributed by atoms with Crippen molar-refractivity contribution in [2.75, 3.05) is 19.9 Å². The number of carbonyl (C=O) groups is 2. The molecule has 0 radical (unpaired) electrons. The Kier molecular flexibility index (Phi) is 7.01. The molecule has 0 aliphatic rings. The van der Waals surface area contributed by atoms with E-state index in [2.05, 4.69) is 15.9 Å². The number of methoxy groups -OCH3 is 1. The predicted molar refractivity (Wildman–Crippen MR) is 99.4 cm³/mol. The van der Waals surface area contributed by atoms with Gasteiger partial charge in [0.2, 0.25) is 5.91 Å². The molecule has 0 heterocycles.